The molecule has 1 N–H and O–H groups in total. The number of rotatable bonds is 7. The largest absolute Gasteiger partial charge is 0.370 e. The Bertz CT molecular complexity index is 621. The quantitative estimate of drug-likeness (QED) is 0.840. The van der Waals surface area contributed by atoms with Gasteiger partial charge in [0.2, 0.25) is 5.91 Å². The van der Waals surface area contributed by atoms with E-state index in [1.807, 2.05) is 10.8 Å². The smallest absolute Gasteiger partial charge is 0.220 e. The number of aryl methyl sites for hydroxylation is 1. The second kappa shape index (κ2) is 8.54. The van der Waals surface area contributed by atoms with Crippen LogP contribution in [-0.2, 0) is 22.6 Å². The summed E-state index contributed by atoms with van der Waals surface area (Å²) in [6.07, 6.45) is 13.5. The standard InChI is InChI=1S/C17H23N5O2/c23-16(5-3-7-22-8-6-18-13-22)19-10-14-11-20-17(21-12-14)15-4-1-2-9-24-15/h6,8,11-13,15H,1-5,7,9-10H2,(H,19,23). The summed E-state index contributed by atoms with van der Waals surface area (Å²) in [4.78, 5) is 24.6. The second-order valence-electron chi connectivity index (χ2n) is 5.99. The number of imidazole rings is 1. The van der Waals surface area contributed by atoms with Crippen LogP contribution in [0.3, 0.4) is 0 Å². The zero-order valence-electron chi connectivity index (χ0n) is 13.7. The van der Waals surface area contributed by atoms with E-state index < -0.39 is 0 Å². The zero-order valence-corrected chi connectivity index (χ0v) is 13.7. The Morgan fingerprint density at radius 1 is 1.33 bits per heavy atom. The van der Waals surface area contributed by atoms with Gasteiger partial charge in [0, 0.05) is 56.5 Å². The fourth-order valence-electron chi connectivity index (χ4n) is 2.70. The molecule has 0 saturated carbocycles. The third-order valence-corrected chi connectivity index (χ3v) is 4.06. The van der Waals surface area contributed by atoms with E-state index in [1.165, 1.54) is 0 Å². The van der Waals surface area contributed by atoms with Gasteiger partial charge < -0.3 is 14.6 Å². The van der Waals surface area contributed by atoms with Crippen LogP contribution in [0.4, 0.5) is 0 Å². The van der Waals surface area contributed by atoms with Crippen LogP contribution in [-0.4, -0.2) is 32.0 Å². The molecule has 0 radical (unpaired) electrons. The average molecular weight is 329 g/mol. The molecule has 1 aliphatic rings. The summed E-state index contributed by atoms with van der Waals surface area (Å²) in [6, 6.07) is 0. The van der Waals surface area contributed by atoms with E-state index >= 15 is 0 Å². The fourth-order valence-corrected chi connectivity index (χ4v) is 2.70. The minimum Gasteiger partial charge on any atom is -0.370 e. The molecular formula is C17H23N5O2. The highest BCUT2D eigenvalue weighted by molar-refractivity contribution is 5.75. The van der Waals surface area contributed by atoms with E-state index in [2.05, 4.69) is 20.3 Å². The summed E-state index contributed by atoms with van der Waals surface area (Å²) in [7, 11) is 0. The highest BCUT2D eigenvalue weighted by Gasteiger charge is 2.18. The van der Waals surface area contributed by atoms with Gasteiger partial charge in [0.25, 0.3) is 0 Å². The lowest BCUT2D eigenvalue weighted by atomic mass is 10.1. The summed E-state index contributed by atoms with van der Waals surface area (Å²) in [5.41, 5.74) is 0.900. The van der Waals surface area contributed by atoms with Crippen LogP contribution in [0, 0.1) is 0 Å². The molecule has 1 saturated heterocycles. The van der Waals surface area contributed by atoms with E-state index in [9.17, 15) is 4.79 Å². The first-order chi connectivity index (χ1) is 11.8. The highest BCUT2D eigenvalue weighted by Crippen LogP contribution is 2.24. The maximum absolute atomic E-state index is 11.9. The molecule has 0 aliphatic carbocycles. The van der Waals surface area contributed by atoms with Crippen molar-refractivity contribution in [1.29, 1.82) is 0 Å². The van der Waals surface area contributed by atoms with Gasteiger partial charge >= 0.3 is 0 Å². The molecule has 1 aliphatic heterocycles. The molecule has 1 unspecified atom stereocenters. The van der Waals surface area contributed by atoms with Crippen molar-refractivity contribution in [3.63, 3.8) is 0 Å². The van der Waals surface area contributed by atoms with Crippen molar-refractivity contribution < 1.29 is 9.53 Å². The van der Waals surface area contributed by atoms with Crippen molar-refractivity contribution in [2.24, 2.45) is 0 Å². The van der Waals surface area contributed by atoms with Crippen molar-refractivity contribution in [2.45, 2.75) is 51.3 Å². The average Bonchev–Trinajstić information content (AvgIpc) is 3.15. The van der Waals surface area contributed by atoms with Gasteiger partial charge in [0.15, 0.2) is 5.82 Å². The van der Waals surface area contributed by atoms with Crippen molar-refractivity contribution in [1.82, 2.24) is 24.8 Å². The van der Waals surface area contributed by atoms with Gasteiger partial charge in [-0.2, -0.15) is 0 Å². The number of ether oxygens (including phenoxy) is 1. The first-order valence-electron chi connectivity index (χ1n) is 8.46. The van der Waals surface area contributed by atoms with Gasteiger partial charge in [-0.3, -0.25) is 4.79 Å². The predicted molar refractivity (Wildman–Crippen MR) is 87.9 cm³/mol. The Morgan fingerprint density at radius 2 is 2.21 bits per heavy atom. The second-order valence-corrected chi connectivity index (χ2v) is 5.99. The number of hydrogen-bond donors (Lipinski definition) is 1. The molecule has 0 bridgehead atoms. The summed E-state index contributed by atoms with van der Waals surface area (Å²) in [5.74, 6) is 0.778. The number of aromatic nitrogens is 4. The van der Waals surface area contributed by atoms with Crippen LogP contribution in [0.5, 0.6) is 0 Å². The van der Waals surface area contributed by atoms with E-state index in [0.29, 0.717) is 13.0 Å². The first-order valence-corrected chi connectivity index (χ1v) is 8.46. The molecule has 7 heteroatoms. The van der Waals surface area contributed by atoms with E-state index in [1.54, 1.807) is 24.9 Å². The number of carbonyl (C=O) groups excluding carboxylic acids is 1. The van der Waals surface area contributed by atoms with Gasteiger partial charge in [-0.25, -0.2) is 15.0 Å². The van der Waals surface area contributed by atoms with Gasteiger partial charge in [0.05, 0.1) is 6.33 Å². The number of nitrogens with zero attached hydrogens (tertiary/aromatic N) is 4. The summed E-state index contributed by atoms with van der Waals surface area (Å²) < 4.78 is 7.64. The Morgan fingerprint density at radius 3 is 2.92 bits per heavy atom. The number of amides is 1. The Balaban J connectivity index is 1.38. The minimum absolute atomic E-state index is 0.0190. The van der Waals surface area contributed by atoms with E-state index in [0.717, 1.165) is 50.2 Å². The predicted octanol–water partition coefficient (Wildman–Crippen LogP) is 2.01. The first kappa shape index (κ1) is 16.6. The Labute approximate surface area is 141 Å². The van der Waals surface area contributed by atoms with Gasteiger partial charge in [0.1, 0.15) is 6.10 Å². The maximum atomic E-state index is 11.9. The topological polar surface area (TPSA) is 81.9 Å². The summed E-state index contributed by atoms with van der Waals surface area (Å²) >= 11 is 0. The fraction of sp³-hybridized carbons (Fsp3) is 0.529. The lowest BCUT2D eigenvalue weighted by Gasteiger charge is -2.21. The molecular weight excluding hydrogens is 306 g/mol. The van der Waals surface area contributed by atoms with Crippen molar-refractivity contribution >= 4 is 5.91 Å². The molecule has 3 rings (SSSR count). The zero-order chi connectivity index (χ0) is 16.6. The molecule has 3 heterocycles. The summed E-state index contributed by atoms with van der Waals surface area (Å²) in [6.45, 7) is 2.03. The van der Waals surface area contributed by atoms with Gasteiger partial charge in [-0.15, -0.1) is 0 Å². The molecule has 2 aromatic rings. The SMILES string of the molecule is O=C(CCCn1ccnc1)NCc1cnc(C2CCCCO2)nc1. The molecule has 1 atom stereocenters. The normalized spacial score (nSPS) is 17.6. The molecule has 0 aromatic carbocycles. The maximum Gasteiger partial charge on any atom is 0.220 e. The van der Waals surface area contributed by atoms with Crippen LogP contribution in [0.25, 0.3) is 0 Å². The highest BCUT2D eigenvalue weighted by atomic mass is 16.5. The van der Waals surface area contributed by atoms with E-state index in [4.69, 9.17) is 4.74 Å². The molecule has 1 fully saturated rings. The van der Waals surface area contributed by atoms with Crippen LogP contribution in [0.1, 0.15) is 49.6 Å². The molecule has 128 valence electrons. The molecule has 7 nitrogen and oxygen atoms in total. The number of hydrogen-bond acceptors (Lipinski definition) is 5. The lowest BCUT2D eigenvalue weighted by Crippen LogP contribution is -2.23. The third-order valence-electron chi connectivity index (χ3n) is 4.06. The van der Waals surface area contributed by atoms with Gasteiger partial charge in [-0.05, 0) is 25.7 Å². The van der Waals surface area contributed by atoms with E-state index in [-0.39, 0.29) is 12.0 Å². The Hall–Kier alpha value is -2.28. The van der Waals surface area contributed by atoms with Crippen LogP contribution in [0.15, 0.2) is 31.1 Å². The van der Waals surface area contributed by atoms with Crippen LogP contribution >= 0.6 is 0 Å². The third kappa shape index (κ3) is 4.86. The summed E-state index contributed by atoms with van der Waals surface area (Å²) in [5, 5.41) is 2.90. The number of nitrogens with one attached hydrogen (secondary N) is 1. The minimum atomic E-state index is 0.0190. The molecule has 2 aromatic heterocycles. The monoisotopic (exact) mass is 329 g/mol. The van der Waals surface area contributed by atoms with Crippen molar-refractivity contribution in [3.05, 3.63) is 42.5 Å². The lowest BCUT2D eigenvalue weighted by molar-refractivity contribution is -0.121. The van der Waals surface area contributed by atoms with Crippen LogP contribution < -0.4 is 5.32 Å². The van der Waals surface area contributed by atoms with Gasteiger partial charge in [-0.1, -0.05) is 0 Å². The van der Waals surface area contributed by atoms with Crippen LogP contribution in [0.2, 0.25) is 0 Å². The molecule has 0 spiro atoms. The molecule has 24 heavy (non-hydrogen) atoms. The molecule has 1 amide bonds. The van der Waals surface area contributed by atoms with Crippen molar-refractivity contribution in [3.8, 4) is 0 Å². The van der Waals surface area contributed by atoms with Crippen molar-refractivity contribution in [2.75, 3.05) is 6.61 Å². The number of carbonyl (C=O) groups is 1. The Kier molecular flexibility index (Phi) is 5.90.